The van der Waals surface area contributed by atoms with E-state index in [1.807, 2.05) is 6.07 Å². The van der Waals surface area contributed by atoms with Crippen molar-refractivity contribution in [2.75, 3.05) is 18.0 Å². The molecule has 0 radical (unpaired) electrons. The number of hydrogen-bond donors (Lipinski definition) is 1. The SMILES string of the molecule is CCC1CCCN1c1cc(Cl)ccc1CNCC(C)C. The van der Waals surface area contributed by atoms with Gasteiger partial charge in [-0.25, -0.2) is 0 Å². The molecule has 0 amide bonds. The van der Waals surface area contributed by atoms with Crippen molar-refractivity contribution in [2.24, 2.45) is 5.92 Å². The molecule has 112 valence electrons. The molecular formula is C17H27ClN2. The number of benzene rings is 1. The quantitative estimate of drug-likeness (QED) is 0.833. The zero-order valence-electron chi connectivity index (χ0n) is 13.0. The summed E-state index contributed by atoms with van der Waals surface area (Å²) < 4.78 is 0. The molecule has 1 saturated heterocycles. The van der Waals surface area contributed by atoms with Gasteiger partial charge in [-0.05, 0) is 49.4 Å². The molecule has 1 aromatic rings. The average molecular weight is 295 g/mol. The van der Waals surface area contributed by atoms with Crippen LogP contribution in [0.4, 0.5) is 5.69 Å². The molecule has 1 atom stereocenters. The van der Waals surface area contributed by atoms with Crippen LogP contribution in [0.2, 0.25) is 5.02 Å². The summed E-state index contributed by atoms with van der Waals surface area (Å²) in [6, 6.07) is 7.00. The maximum Gasteiger partial charge on any atom is 0.0429 e. The predicted octanol–water partition coefficient (Wildman–Crippen LogP) is 4.46. The highest BCUT2D eigenvalue weighted by atomic mass is 35.5. The Kier molecular flexibility index (Phi) is 5.74. The molecule has 2 nitrogen and oxygen atoms in total. The van der Waals surface area contributed by atoms with Crippen LogP contribution in [0.15, 0.2) is 18.2 Å². The van der Waals surface area contributed by atoms with Crippen LogP contribution in [0, 0.1) is 5.92 Å². The number of nitrogens with one attached hydrogen (secondary N) is 1. The number of rotatable bonds is 6. The van der Waals surface area contributed by atoms with E-state index in [9.17, 15) is 0 Å². The highest BCUT2D eigenvalue weighted by Gasteiger charge is 2.24. The minimum absolute atomic E-state index is 0.678. The minimum atomic E-state index is 0.678. The normalized spacial score (nSPS) is 19.1. The van der Waals surface area contributed by atoms with Gasteiger partial charge in [0.25, 0.3) is 0 Å². The Morgan fingerprint density at radius 3 is 2.90 bits per heavy atom. The number of hydrogen-bond acceptors (Lipinski definition) is 2. The first-order valence-corrected chi connectivity index (χ1v) is 8.25. The van der Waals surface area contributed by atoms with E-state index in [4.69, 9.17) is 11.6 Å². The first kappa shape index (κ1) is 15.7. The van der Waals surface area contributed by atoms with Crippen molar-refractivity contribution in [1.29, 1.82) is 0 Å². The second kappa shape index (κ2) is 7.33. The lowest BCUT2D eigenvalue weighted by Gasteiger charge is -2.28. The van der Waals surface area contributed by atoms with Gasteiger partial charge in [-0.2, -0.15) is 0 Å². The van der Waals surface area contributed by atoms with Gasteiger partial charge in [0, 0.05) is 29.8 Å². The number of anilines is 1. The van der Waals surface area contributed by atoms with Crippen LogP contribution in [-0.2, 0) is 6.54 Å². The van der Waals surface area contributed by atoms with Crippen molar-refractivity contribution in [2.45, 2.75) is 52.6 Å². The van der Waals surface area contributed by atoms with Gasteiger partial charge in [-0.1, -0.05) is 38.4 Å². The molecule has 2 rings (SSSR count). The van der Waals surface area contributed by atoms with Crippen molar-refractivity contribution < 1.29 is 0 Å². The summed E-state index contributed by atoms with van der Waals surface area (Å²) in [4.78, 5) is 2.55. The van der Waals surface area contributed by atoms with E-state index in [1.165, 1.54) is 30.5 Å². The van der Waals surface area contributed by atoms with Gasteiger partial charge in [0.2, 0.25) is 0 Å². The Labute approximate surface area is 128 Å². The standard InChI is InChI=1S/C17H27ClN2/c1-4-16-6-5-9-20(16)17-10-15(18)8-7-14(17)12-19-11-13(2)3/h7-8,10,13,16,19H,4-6,9,11-12H2,1-3H3. The smallest absolute Gasteiger partial charge is 0.0429 e. The van der Waals surface area contributed by atoms with Crippen LogP contribution in [0.5, 0.6) is 0 Å². The number of halogens is 1. The van der Waals surface area contributed by atoms with E-state index in [0.29, 0.717) is 12.0 Å². The van der Waals surface area contributed by atoms with E-state index in [1.54, 1.807) is 0 Å². The predicted molar refractivity (Wildman–Crippen MR) is 88.7 cm³/mol. The summed E-state index contributed by atoms with van der Waals surface area (Å²) in [7, 11) is 0. The molecule has 3 heteroatoms. The summed E-state index contributed by atoms with van der Waals surface area (Å²) in [6.45, 7) is 9.91. The Morgan fingerprint density at radius 2 is 2.20 bits per heavy atom. The summed E-state index contributed by atoms with van der Waals surface area (Å²) in [6.07, 6.45) is 3.82. The topological polar surface area (TPSA) is 15.3 Å². The van der Waals surface area contributed by atoms with Crippen LogP contribution in [0.1, 0.15) is 45.6 Å². The van der Waals surface area contributed by atoms with Crippen LogP contribution < -0.4 is 10.2 Å². The Balaban J connectivity index is 2.15. The largest absolute Gasteiger partial charge is 0.368 e. The molecule has 0 aliphatic carbocycles. The van der Waals surface area contributed by atoms with Crippen molar-refractivity contribution in [3.05, 3.63) is 28.8 Å². The van der Waals surface area contributed by atoms with Gasteiger partial charge in [0.1, 0.15) is 0 Å². The lowest BCUT2D eigenvalue weighted by atomic mass is 10.1. The lowest BCUT2D eigenvalue weighted by molar-refractivity contribution is 0.551. The van der Waals surface area contributed by atoms with Gasteiger partial charge in [-0.3, -0.25) is 0 Å². The molecule has 0 bridgehead atoms. The highest BCUT2D eigenvalue weighted by molar-refractivity contribution is 6.30. The van der Waals surface area contributed by atoms with Gasteiger partial charge in [0.15, 0.2) is 0 Å². The van der Waals surface area contributed by atoms with Crippen LogP contribution >= 0.6 is 11.6 Å². The van der Waals surface area contributed by atoms with Gasteiger partial charge < -0.3 is 10.2 Å². The van der Waals surface area contributed by atoms with Crippen LogP contribution in [0.3, 0.4) is 0 Å². The Morgan fingerprint density at radius 1 is 1.40 bits per heavy atom. The third-order valence-corrected chi connectivity index (χ3v) is 4.31. The fourth-order valence-corrected chi connectivity index (χ4v) is 3.19. The third-order valence-electron chi connectivity index (χ3n) is 4.07. The molecule has 20 heavy (non-hydrogen) atoms. The van der Waals surface area contributed by atoms with Crippen LogP contribution in [-0.4, -0.2) is 19.1 Å². The molecule has 1 N–H and O–H groups in total. The van der Waals surface area contributed by atoms with Gasteiger partial charge in [0.05, 0.1) is 0 Å². The zero-order chi connectivity index (χ0) is 14.5. The Hall–Kier alpha value is -0.730. The second-order valence-corrected chi connectivity index (χ2v) is 6.63. The van der Waals surface area contributed by atoms with Crippen LogP contribution in [0.25, 0.3) is 0 Å². The molecule has 0 aromatic heterocycles. The fraction of sp³-hybridized carbons (Fsp3) is 0.647. The van der Waals surface area contributed by atoms with E-state index < -0.39 is 0 Å². The summed E-state index contributed by atoms with van der Waals surface area (Å²) in [5, 5.41) is 4.39. The lowest BCUT2D eigenvalue weighted by Crippen LogP contribution is -2.30. The summed E-state index contributed by atoms with van der Waals surface area (Å²) in [5.41, 5.74) is 2.70. The van der Waals surface area contributed by atoms with E-state index in [0.717, 1.165) is 24.7 Å². The number of nitrogens with zero attached hydrogens (tertiary/aromatic N) is 1. The first-order valence-electron chi connectivity index (χ1n) is 7.87. The Bertz CT molecular complexity index is 431. The monoisotopic (exact) mass is 294 g/mol. The fourth-order valence-electron chi connectivity index (χ4n) is 3.03. The summed E-state index contributed by atoms with van der Waals surface area (Å²) >= 11 is 6.22. The molecule has 1 aliphatic heterocycles. The van der Waals surface area contributed by atoms with Crippen molar-refractivity contribution in [1.82, 2.24) is 5.32 Å². The molecule has 0 spiro atoms. The molecule has 1 unspecified atom stereocenters. The molecule has 0 saturated carbocycles. The average Bonchev–Trinajstić information content (AvgIpc) is 2.88. The van der Waals surface area contributed by atoms with Crippen molar-refractivity contribution in [3.8, 4) is 0 Å². The zero-order valence-corrected chi connectivity index (χ0v) is 13.7. The first-order chi connectivity index (χ1) is 9.61. The van der Waals surface area contributed by atoms with Gasteiger partial charge in [-0.15, -0.1) is 0 Å². The summed E-state index contributed by atoms with van der Waals surface area (Å²) in [5.74, 6) is 0.681. The van der Waals surface area contributed by atoms with Crippen molar-refractivity contribution in [3.63, 3.8) is 0 Å². The maximum absolute atomic E-state index is 6.22. The maximum atomic E-state index is 6.22. The molecule has 1 aliphatic rings. The third kappa shape index (κ3) is 3.89. The van der Waals surface area contributed by atoms with Crippen molar-refractivity contribution >= 4 is 17.3 Å². The van der Waals surface area contributed by atoms with Gasteiger partial charge >= 0.3 is 0 Å². The van der Waals surface area contributed by atoms with E-state index in [2.05, 4.69) is 43.1 Å². The second-order valence-electron chi connectivity index (χ2n) is 6.20. The molecule has 1 heterocycles. The van der Waals surface area contributed by atoms with E-state index >= 15 is 0 Å². The van der Waals surface area contributed by atoms with E-state index in [-0.39, 0.29) is 0 Å². The molecular weight excluding hydrogens is 268 g/mol. The highest BCUT2D eigenvalue weighted by Crippen LogP contribution is 2.32. The minimum Gasteiger partial charge on any atom is -0.368 e. The molecule has 1 aromatic carbocycles. The molecule has 1 fully saturated rings.